The van der Waals surface area contributed by atoms with Gasteiger partial charge in [-0.15, -0.1) is 0 Å². The molecule has 0 unspecified atom stereocenters. The molecule has 0 atom stereocenters. The summed E-state index contributed by atoms with van der Waals surface area (Å²) in [5.74, 6) is 1.07. The zero-order valence-electron chi connectivity index (χ0n) is 10.2. The summed E-state index contributed by atoms with van der Waals surface area (Å²) in [5.41, 5.74) is 1.31. The molecule has 1 N–H and O–H groups in total. The minimum Gasteiger partial charge on any atom is -0.490 e. The summed E-state index contributed by atoms with van der Waals surface area (Å²) >= 11 is 0. The van der Waals surface area contributed by atoms with Crippen molar-refractivity contribution in [2.75, 3.05) is 6.54 Å². The fraction of sp³-hybridized carbons (Fsp3) is 0.571. The SMILES string of the molecule is CCNC1CC(Oc2ccccc2CC)C1. The number of hydrogen-bond donors (Lipinski definition) is 1. The molecule has 2 rings (SSSR count). The van der Waals surface area contributed by atoms with Gasteiger partial charge in [-0.3, -0.25) is 0 Å². The van der Waals surface area contributed by atoms with E-state index in [-0.39, 0.29) is 0 Å². The van der Waals surface area contributed by atoms with Gasteiger partial charge in [0.15, 0.2) is 0 Å². The van der Waals surface area contributed by atoms with Crippen LogP contribution < -0.4 is 10.1 Å². The van der Waals surface area contributed by atoms with Crippen LogP contribution in [-0.4, -0.2) is 18.7 Å². The molecular weight excluding hydrogens is 198 g/mol. The second-order valence-corrected chi connectivity index (χ2v) is 4.43. The van der Waals surface area contributed by atoms with Crippen molar-refractivity contribution in [2.24, 2.45) is 0 Å². The van der Waals surface area contributed by atoms with Gasteiger partial charge in [0.05, 0.1) is 0 Å². The Morgan fingerprint density at radius 2 is 2.00 bits per heavy atom. The molecule has 1 fully saturated rings. The van der Waals surface area contributed by atoms with Crippen molar-refractivity contribution < 1.29 is 4.74 Å². The molecular formula is C14H21NO. The minimum absolute atomic E-state index is 0.414. The van der Waals surface area contributed by atoms with E-state index in [2.05, 4.69) is 43.4 Å². The first-order valence-electron chi connectivity index (χ1n) is 6.31. The van der Waals surface area contributed by atoms with E-state index >= 15 is 0 Å². The fourth-order valence-corrected chi connectivity index (χ4v) is 2.21. The van der Waals surface area contributed by atoms with Gasteiger partial charge >= 0.3 is 0 Å². The number of ether oxygens (including phenoxy) is 1. The summed E-state index contributed by atoms with van der Waals surface area (Å²) in [6, 6.07) is 9.03. The Hall–Kier alpha value is -1.02. The third kappa shape index (κ3) is 2.56. The fourth-order valence-electron chi connectivity index (χ4n) is 2.21. The predicted molar refractivity (Wildman–Crippen MR) is 66.9 cm³/mol. The number of aryl methyl sites for hydroxylation is 1. The standard InChI is InChI=1S/C14H21NO/c1-3-11-7-5-6-8-14(11)16-13-9-12(10-13)15-4-2/h5-8,12-13,15H,3-4,9-10H2,1-2H3. The molecule has 0 spiro atoms. The van der Waals surface area contributed by atoms with E-state index in [1.807, 2.05) is 0 Å². The maximum atomic E-state index is 6.01. The molecule has 2 heteroatoms. The minimum atomic E-state index is 0.414. The van der Waals surface area contributed by atoms with E-state index in [0.717, 1.165) is 31.6 Å². The first-order valence-corrected chi connectivity index (χ1v) is 6.31. The highest BCUT2D eigenvalue weighted by Gasteiger charge is 2.30. The van der Waals surface area contributed by atoms with Gasteiger partial charge in [0.25, 0.3) is 0 Å². The lowest BCUT2D eigenvalue weighted by Gasteiger charge is -2.36. The predicted octanol–water partition coefficient (Wildman–Crippen LogP) is 2.77. The Labute approximate surface area is 98.0 Å². The zero-order valence-corrected chi connectivity index (χ0v) is 10.2. The van der Waals surface area contributed by atoms with Gasteiger partial charge in [0, 0.05) is 6.04 Å². The number of para-hydroxylation sites is 1. The second kappa shape index (κ2) is 5.35. The van der Waals surface area contributed by atoms with E-state index in [9.17, 15) is 0 Å². The molecule has 0 aliphatic heterocycles. The largest absolute Gasteiger partial charge is 0.490 e. The van der Waals surface area contributed by atoms with E-state index in [0.29, 0.717) is 12.1 Å². The van der Waals surface area contributed by atoms with Crippen LogP contribution in [-0.2, 0) is 6.42 Å². The highest BCUT2D eigenvalue weighted by atomic mass is 16.5. The van der Waals surface area contributed by atoms with Crippen molar-refractivity contribution in [1.82, 2.24) is 5.32 Å². The zero-order chi connectivity index (χ0) is 11.4. The normalized spacial score (nSPS) is 23.9. The van der Waals surface area contributed by atoms with Crippen molar-refractivity contribution in [3.05, 3.63) is 29.8 Å². The van der Waals surface area contributed by atoms with Crippen LogP contribution in [0.1, 0.15) is 32.3 Å². The van der Waals surface area contributed by atoms with E-state index < -0.39 is 0 Å². The van der Waals surface area contributed by atoms with Crippen LogP contribution in [0.15, 0.2) is 24.3 Å². The molecule has 0 saturated heterocycles. The quantitative estimate of drug-likeness (QED) is 0.822. The summed E-state index contributed by atoms with van der Waals surface area (Å²) < 4.78 is 6.01. The Balaban J connectivity index is 1.86. The van der Waals surface area contributed by atoms with Crippen LogP contribution in [0.25, 0.3) is 0 Å². The Morgan fingerprint density at radius 3 is 2.69 bits per heavy atom. The maximum Gasteiger partial charge on any atom is 0.122 e. The molecule has 1 aliphatic carbocycles. The van der Waals surface area contributed by atoms with Gasteiger partial charge in [-0.25, -0.2) is 0 Å². The molecule has 1 aromatic rings. The lowest BCUT2D eigenvalue weighted by Crippen LogP contribution is -2.46. The van der Waals surface area contributed by atoms with E-state index in [1.54, 1.807) is 0 Å². The summed E-state index contributed by atoms with van der Waals surface area (Å²) in [7, 11) is 0. The van der Waals surface area contributed by atoms with Crippen LogP contribution >= 0.6 is 0 Å². The van der Waals surface area contributed by atoms with Gasteiger partial charge in [-0.2, -0.15) is 0 Å². The number of rotatable bonds is 5. The maximum absolute atomic E-state index is 6.01. The number of benzene rings is 1. The summed E-state index contributed by atoms with van der Waals surface area (Å²) in [5, 5.41) is 3.45. The van der Waals surface area contributed by atoms with Crippen LogP contribution in [0.5, 0.6) is 5.75 Å². The summed E-state index contributed by atoms with van der Waals surface area (Å²) in [6.45, 7) is 5.38. The Kier molecular flexibility index (Phi) is 3.83. The van der Waals surface area contributed by atoms with Crippen molar-refractivity contribution in [1.29, 1.82) is 0 Å². The molecule has 0 heterocycles. The van der Waals surface area contributed by atoms with Gasteiger partial charge in [0.2, 0.25) is 0 Å². The second-order valence-electron chi connectivity index (χ2n) is 4.43. The topological polar surface area (TPSA) is 21.3 Å². The summed E-state index contributed by atoms with van der Waals surface area (Å²) in [4.78, 5) is 0. The molecule has 0 aromatic heterocycles. The van der Waals surface area contributed by atoms with Crippen LogP contribution in [0, 0.1) is 0 Å². The van der Waals surface area contributed by atoms with Gasteiger partial charge in [-0.1, -0.05) is 32.0 Å². The molecule has 1 saturated carbocycles. The highest BCUT2D eigenvalue weighted by Crippen LogP contribution is 2.28. The Morgan fingerprint density at radius 1 is 1.25 bits per heavy atom. The molecule has 1 aromatic carbocycles. The average Bonchev–Trinajstić information content (AvgIpc) is 2.27. The molecule has 2 nitrogen and oxygen atoms in total. The molecule has 0 radical (unpaired) electrons. The van der Waals surface area contributed by atoms with Crippen molar-refractivity contribution >= 4 is 0 Å². The van der Waals surface area contributed by atoms with Gasteiger partial charge < -0.3 is 10.1 Å². The first kappa shape index (κ1) is 11.5. The van der Waals surface area contributed by atoms with E-state index in [4.69, 9.17) is 4.74 Å². The molecule has 1 aliphatic rings. The summed E-state index contributed by atoms with van der Waals surface area (Å²) in [6.07, 6.45) is 3.74. The van der Waals surface area contributed by atoms with Gasteiger partial charge in [-0.05, 0) is 37.4 Å². The number of hydrogen-bond acceptors (Lipinski definition) is 2. The van der Waals surface area contributed by atoms with Crippen LogP contribution in [0.3, 0.4) is 0 Å². The molecule has 88 valence electrons. The molecule has 16 heavy (non-hydrogen) atoms. The average molecular weight is 219 g/mol. The smallest absolute Gasteiger partial charge is 0.122 e. The van der Waals surface area contributed by atoms with Crippen molar-refractivity contribution in [2.45, 2.75) is 45.3 Å². The molecule has 0 amide bonds. The van der Waals surface area contributed by atoms with Crippen LogP contribution in [0.2, 0.25) is 0 Å². The highest BCUT2D eigenvalue weighted by molar-refractivity contribution is 5.33. The third-order valence-corrected chi connectivity index (χ3v) is 3.23. The van der Waals surface area contributed by atoms with Crippen molar-refractivity contribution in [3.8, 4) is 5.75 Å². The lowest BCUT2D eigenvalue weighted by atomic mass is 9.89. The van der Waals surface area contributed by atoms with Crippen LogP contribution in [0.4, 0.5) is 0 Å². The monoisotopic (exact) mass is 219 g/mol. The van der Waals surface area contributed by atoms with Gasteiger partial charge in [0.1, 0.15) is 11.9 Å². The lowest BCUT2D eigenvalue weighted by molar-refractivity contribution is 0.0850. The van der Waals surface area contributed by atoms with E-state index in [1.165, 1.54) is 5.56 Å². The number of nitrogens with one attached hydrogen (secondary N) is 1. The Bertz CT molecular complexity index is 331. The van der Waals surface area contributed by atoms with Crippen molar-refractivity contribution in [3.63, 3.8) is 0 Å². The third-order valence-electron chi connectivity index (χ3n) is 3.23. The molecule has 0 bridgehead atoms. The first-order chi connectivity index (χ1) is 7.83.